The Labute approximate surface area is 155 Å². The normalized spacial score (nSPS) is 16.7. The Morgan fingerprint density at radius 2 is 1.96 bits per heavy atom. The van der Waals surface area contributed by atoms with Crippen LogP contribution in [0.5, 0.6) is 0 Å². The van der Waals surface area contributed by atoms with E-state index >= 15 is 0 Å². The van der Waals surface area contributed by atoms with Crippen LogP contribution in [0.25, 0.3) is 10.9 Å². The summed E-state index contributed by atoms with van der Waals surface area (Å²) in [6, 6.07) is 12.7. The first kappa shape index (κ1) is 17.4. The lowest BCUT2D eigenvalue weighted by Crippen LogP contribution is -2.37. The van der Waals surface area contributed by atoms with Crippen molar-refractivity contribution >= 4 is 10.9 Å². The third-order valence-corrected chi connectivity index (χ3v) is 5.57. The van der Waals surface area contributed by atoms with Crippen LogP contribution in [0, 0.1) is 12.8 Å². The van der Waals surface area contributed by atoms with Gasteiger partial charge in [-0.05, 0) is 69.6 Å². The van der Waals surface area contributed by atoms with Crippen molar-refractivity contribution in [2.45, 2.75) is 32.9 Å². The summed E-state index contributed by atoms with van der Waals surface area (Å²) in [4.78, 5) is 8.39. The standard InChI is InChI=1S/C22H29N3O/c1-17-7-8-20(26-17)16-25-11-9-18(10-12-25)14-24(2)15-19-13-23-22-6-4-3-5-21(19)22/h3-8,13,18,23H,9-12,14-16H2,1-2H3. The van der Waals surface area contributed by atoms with Gasteiger partial charge < -0.3 is 14.3 Å². The van der Waals surface area contributed by atoms with Crippen LogP contribution in [0.3, 0.4) is 0 Å². The molecule has 26 heavy (non-hydrogen) atoms. The third-order valence-electron chi connectivity index (χ3n) is 5.57. The van der Waals surface area contributed by atoms with Crippen LogP contribution in [-0.2, 0) is 13.1 Å². The molecule has 1 N–H and O–H groups in total. The molecule has 1 aliphatic rings. The van der Waals surface area contributed by atoms with Gasteiger partial charge >= 0.3 is 0 Å². The molecule has 2 aromatic heterocycles. The third kappa shape index (κ3) is 4.02. The average molecular weight is 351 g/mol. The number of rotatable bonds is 6. The first-order chi connectivity index (χ1) is 12.7. The molecule has 138 valence electrons. The summed E-state index contributed by atoms with van der Waals surface area (Å²) in [6.45, 7) is 7.49. The number of piperidine rings is 1. The maximum atomic E-state index is 5.72. The van der Waals surface area contributed by atoms with Gasteiger partial charge in [0.25, 0.3) is 0 Å². The Kier molecular flexibility index (Phi) is 5.14. The van der Waals surface area contributed by atoms with E-state index < -0.39 is 0 Å². The summed E-state index contributed by atoms with van der Waals surface area (Å²) >= 11 is 0. The minimum Gasteiger partial charge on any atom is -0.465 e. The molecule has 4 rings (SSSR count). The van der Waals surface area contributed by atoms with E-state index in [0.717, 1.165) is 30.5 Å². The zero-order chi connectivity index (χ0) is 17.9. The van der Waals surface area contributed by atoms with E-state index in [0.29, 0.717) is 0 Å². The molecule has 1 saturated heterocycles. The van der Waals surface area contributed by atoms with Gasteiger partial charge in [0, 0.05) is 30.2 Å². The van der Waals surface area contributed by atoms with Gasteiger partial charge in [-0.3, -0.25) is 4.90 Å². The van der Waals surface area contributed by atoms with Gasteiger partial charge in [-0.25, -0.2) is 0 Å². The highest BCUT2D eigenvalue weighted by molar-refractivity contribution is 5.82. The van der Waals surface area contributed by atoms with Crippen molar-refractivity contribution in [2.75, 3.05) is 26.7 Å². The van der Waals surface area contributed by atoms with E-state index in [9.17, 15) is 0 Å². The Morgan fingerprint density at radius 3 is 2.73 bits per heavy atom. The Hall–Kier alpha value is -2.04. The number of fused-ring (bicyclic) bond motifs is 1. The zero-order valence-corrected chi connectivity index (χ0v) is 15.9. The largest absolute Gasteiger partial charge is 0.465 e. The first-order valence-electron chi connectivity index (χ1n) is 9.68. The lowest BCUT2D eigenvalue weighted by atomic mass is 9.96. The van der Waals surface area contributed by atoms with Gasteiger partial charge in [0.05, 0.1) is 6.54 Å². The summed E-state index contributed by atoms with van der Waals surface area (Å²) in [6.07, 6.45) is 4.71. The lowest BCUT2D eigenvalue weighted by molar-refractivity contribution is 0.140. The van der Waals surface area contributed by atoms with Crippen LogP contribution < -0.4 is 0 Å². The van der Waals surface area contributed by atoms with E-state index in [1.807, 2.05) is 6.92 Å². The van der Waals surface area contributed by atoms with E-state index in [1.54, 1.807) is 0 Å². The molecule has 1 aromatic carbocycles. The number of aromatic amines is 1. The topological polar surface area (TPSA) is 35.4 Å². The van der Waals surface area contributed by atoms with Gasteiger partial charge in [-0.2, -0.15) is 0 Å². The number of furan rings is 1. The maximum Gasteiger partial charge on any atom is 0.118 e. The fourth-order valence-corrected chi connectivity index (χ4v) is 4.18. The van der Waals surface area contributed by atoms with Crippen LogP contribution >= 0.6 is 0 Å². The Balaban J connectivity index is 1.26. The van der Waals surface area contributed by atoms with Gasteiger partial charge in [0.1, 0.15) is 11.5 Å². The van der Waals surface area contributed by atoms with Crippen molar-refractivity contribution in [1.29, 1.82) is 0 Å². The maximum absolute atomic E-state index is 5.72. The number of hydrogen-bond acceptors (Lipinski definition) is 3. The molecule has 3 heterocycles. The number of aryl methyl sites for hydroxylation is 1. The highest BCUT2D eigenvalue weighted by Crippen LogP contribution is 2.23. The molecule has 4 nitrogen and oxygen atoms in total. The van der Waals surface area contributed by atoms with Crippen molar-refractivity contribution in [1.82, 2.24) is 14.8 Å². The fourth-order valence-electron chi connectivity index (χ4n) is 4.18. The summed E-state index contributed by atoms with van der Waals surface area (Å²) in [7, 11) is 2.25. The minimum absolute atomic E-state index is 0.791. The molecule has 0 radical (unpaired) electrons. The average Bonchev–Trinajstić information content (AvgIpc) is 3.23. The quantitative estimate of drug-likeness (QED) is 0.714. The number of hydrogen-bond donors (Lipinski definition) is 1. The second kappa shape index (κ2) is 7.68. The number of H-pyrrole nitrogens is 1. The molecule has 0 spiro atoms. The number of benzene rings is 1. The van der Waals surface area contributed by atoms with E-state index in [2.05, 4.69) is 64.4 Å². The molecule has 3 aromatic rings. The predicted octanol–water partition coefficient (Wildman–Crippen LogP) is 4.41. The fraction of sp³-hybridized carbons (Fsp3) is 0.455. The summed E-state index contributed by atoms with van der Waals surface area (Å²) in [5.74, 6) is 2.89. The highest BCUT2D eigenvalue weighted by Gasteiger charge is 2.21. The van der Waals surface area contributed by atoms with E-state index in [4.69, 9.17) is 4.42 Å². The number of likely N-dealkylation sites (tertiary alicyclic amines) is 1. The number of nitrogens with zero attached hydrogens (tertiary/aromatic N) is 2. The minimum atomic E-state index is 0.791. The molecule has 1 aliphatic heterocycles. The monoisotopic (exact) mass is 351 g/mol. The van der Waals surface area contributed by atoms with Gasteiger partial charge in [-0.1, -0.05) is 18.2 Å². The van der Waals surface area contributed by atoms with Crippen LogP contribution in [0.2, 0.25) is 0 Å². The Morgan fingerprint density at radius 1 is 1.15 bits per heavy atom. The summed E-state index contributed by atoms with van der Waals surface area (Å²) < 4.78 is 5.72. The molecule has 0 aliphatic carbocycles. The van der Waals surface area contributed by atoms with Crippen molar-refractivity contribution in [3.8, 4) is 0 Å². The molecule has 0 amide bonds. The van der Waals surface area contributed by atoms with Crippen LogP contribution in [0.15, 0.2) is 47.0 Å². The summed E-state index contributed by atoms with van der Waals surface area (Å²) in [5, 5.41) is 1.35. The molecule has 1 fully saturated rings. The molecular weight excluding hydrogens is 322 g/mol. The molecular formula is C22H29N3O. The number of para-hydroxylation sites is 1. The number of aromatic nitrogens is 1. The second-order valence-electron chi connectivity index (χ2n) is 7.79. The van der Waals surface area contributed by atoms with E-state index in [1.165, 1.54) is 48.9 Å². The lowest BCUT2D eigenvalue weighted by Gasteiger charge is -2.33. The van der Waals surface area contributed by atoms with Crippen LogP contribution in [-0.4, -0.2) is 41.5 Å². The second-order valence-corrected chi connectivity index (χ2v) is 7.79. The SMILES string of the molecule is Cc1ccc(CN2CCC(CN(C)Cc3c[nH]c4ccccc34)CC2)o1. The Bertz CT molecular complexity index is 842. The van der Waals surface area contributed by atoms with Gasteiger partial charge in [-0.15, -0.1) is 0 Å². The van der Waals surface area contributed by atoms with Gasteiger partial charge in [0.2, 0.25) is 0 Å². The van der Waals surface area contributed by atoms with Crippen molar-refractivity contribution in [3.63, 3.8) is 0 Å². The molecule has 4 heteroatoms. The molecule has 0 saturated carbocycles. The van der Waals surface area contributed by atoms with Crippen molar-refractivity contribution in [2.24, 2.45) is 5.92 Å². The van der Waals surface area contributed by atoms with Crippen LogP contribution in [0.1, 0.15) is 29.9 Å². The van der Waals surface area contributed by atoms with E-state index in [-0.39, 0.29) is 0 Å². The zero-order valence-electron chi connectivity index (χ0n) is 15.9. The molecule has 0 bridgehead atoms. The molecule has 0 unspecified atom stereocenters. The number of nitrogens with one attached hydrogen (secondary N) is 1. The van der Waals surface area contributed by atoms with Crippen molar-refractivity contribution in [3.05, 3.63) is 59.7 Å². The first-order valence-corrected chi connectivity index (χ1v) is 9.68. The van der Waals surface area contributed by atoms with Gasteiger partial charge in [0.15, 0.2) is 0 Å². The van der Waals surface area contributed by atoms with Crippen LogP contribution in [0.4, 0.5) is 0 Å². The predicted molar refractivity (Wildman–Crippen MR) is 106 cm³/mol. The smallest absolute Gasteiger partial charge is 0.118 e. The summed E-state index contributed by atoms with van der Waals surface area (Å²) in [5.41, 5.74) is 2.63. The highest BCUT2D eigenvalue weighted by atomic mass is 16.3. The van der Waals surface area contributed by atoms with Crippen molar-refractivity contribution < 1.29 is 4.42 Å². The molecule has 0 atom stereocenters.